The van der Waals surface area contributed by atoms with Gasteiger partial charge in [-0.2, -0.15) is 0 Å². The molecule has 1 aliphatic rings. The molecule has 0 radical (unpaired) electrons. The number of amides is 1. The van der Waals surface area contributed by atoms with Crippen LogP contribution in [-0.4, -0.2) is 66.2 Å². The first-order valence-corrected chi connectivity index (χ1v) is 6.44. The maximum atomic E-state index is 12.1. The highest BCUT2D eigenvalue weighted by atomic mass is 16.3. The van der Waals surface area contributed by atoms with Crippen molar-refractivity contribution in [3.05, 3.63) is 0 Å². The first kappa shape index (κ1) is 14.4. The Labute approximate surface area is 104 Å². The zero-order valence-electron chi connectivity index (χ0n) is 10.9. The fourth-order valence-corrected chi connectivity index (χ4v) is 2.05. The van der Waals surface area contributed by atoms with E-state index in [4.69, 9.17) is 10.8 Å². The van der Waals surface area contributed by atoms with Gasteiger partial charge in [0.15, 0.2) is 0 Å². The van der Waals surface area contributed by atoms with E-state index in [1.165, 1.54) is 0 Å². The summed E-state index contributed by atoms with van der Waals surface area (Å²) in [6.45, 7) is 8.09. The van der Waals surface area contributed by atoms with Crippen molar-refractivity contribution in [3.8, 4) is 0 Å². The van der Waals surface area contributed by atoms with Gasteiger partial charge in [0, 0.05) is 26.2 Å². The molecule has 5 heteroatoms. The van der Waals surface area contributed by atoms with E-state index in [2.05, 4.69) is 4.90 Å². The third-order valence-electron chi connectivity index (χ3n) is 3.32. The summed E-state index contributed by atoms with van der Waals surface area (Å²) in [5.74, 6) is 0.241. The number of aliphatic hydroxyl groups excluding tert-OH is 1. The monoisotopic (exact) mass is 243 g/mol. The Hall–Kier alpha value is -0.650. The summed E-state index contributed by atoms with van der Waals surface area (Å²) in [6.07, 6.45) is 0.955. The maximum absolute atomic E-state index is 12.1. The quantitative estimate of drug-likeness (QED) is 0.698. The molecule has 0 aliphatic carbocycles. The van der Waals surface area contributed by atoms with Crippen LogP contribution in [0.15, 0.2) is 0 Å². The van der Waals surface area contributed by atoms with Crippen LogP contribution in [0, 0.1) is 5.92 Å². The lowest BCUT2D eigenvalue weighted by atomic mass is 10.0. The van der Waals surface area contributed by atoms with Crippen LogP contribution in [0.2, 0.25) is 0 Å². The molecule has 0 aromatic heterocycles. The van der Waals surface area contributed by atoms with Crippen molar-refractivity contribution in [1.29, 1.82) is 0 Å². The molecular weight excluding hydrogens is 218 g/mol. The molecule has 17 heavy (non-hydrogen) atoms. The Kier molecular flexibility index (Phi) is 5.88. The Morgan fingerprint density at radius 1 is 1.29 bits per heavy atom. The Morgan fingerprint density at radius 2 is 2.00 bits per heavy atom. The molecular formula is C12H25N3O2. The van der Waals surface area contributed by atoms with Gasteiger partial charge >= 0.3 is 0 Å². The molecule has 0 saturated carbocycles. The Morgan fingerprint density at radius 3 is 2.59 bits per heavy atom. The van der Waals surface area contributed by atoms with Crippen LogP contribution in [0.4, 0.5) is 0 Å². The second kappa shape index (κ2) is 6.93. The highest BCUT2D eigenvalue weighted by Crippen LogP contribution is 2.08. The van der Waals surface area contributed by atoms with Crippen molar-refractivity contribution in [2.45, 2.75) is 26.3 Å². The molecule has 1 saturated heterocycles. The number of nitrogens with two attached hydrogens (primary N) is 1. The molecule has 1 aliphatic heterocycles. The van der Waals surface area contributed by atoms with Gasteiger partial charge in [0.25, 0.3) is 0 Å². The van der Waals surface area contributed by atoms with Gasteiger partial charge in [-0.1, -0.05) is 13.8 Å². The number of rotatable bonds is 4. The molecule has 0 bridgehead atoms. The first-order chi connectivity index (χ1) is 8.06. The Balaban J connectivity index is 2.48. The molecule has 1 fully saturated rings. The molecule has 0 spiro atoms. The van der Waals surface area contributed by atoms with Crippen molar-refractivity contribution in [1.82, 2.24) is 9.80 Å². The van der Waals surface area contributed by atoms with Crippen molar-refractivity contribution in [3.63, 3.8) is 0 Å². The van der Waals surface area contributed by atoms with E-state index in [0.29, 0.717) is 6.54 Å². The lowest BCUT2D eigenvalue weighted by molar-refractivity contribution is -0.133. The lowest BCUT2D eigenvalue weighted by Crippen LogP contribution is -2.47. The normalized spacial score (nSPS) is 20.4. The van der Waals surface area contributed by atoms with Gasteiger partial charge in [-0.15, -0.1) is 0 Å². The first-order valence-electron chi connectivity index (χ1n) is 6.44. The molecule has 3 N–H and O–H groups in total. The number of hydrogen-bond acceptors (Lipinski definition) is 4. The van der Waals surface area contributed by atoms with E-state index in [1.54, 1.807) is 0 Å². The van der Waals surface area contributed by atoms with Crippen LogP contribution >= 0.6 is 0 Å². The summed E-state index contributed by atoms with van der Waals surface area (Å²) < 4.78 is 0. The van der Waals surface area contributed by atoms with E-state index >= 15 is 0 Å². The third kappa shape index (κ3) is 4.26. The summed E-state index contributed by atoms with van der Waals surface area (Å²) in [7, 11) is 0. The predicted molar refractivity (Wildman–Crippen MR) is 67.5 cm³/mol. The summed E-state index contributed by atoms with van der Waals surface area (Å²) in [4.78, 5) is 16.1. The van der Waals surface area contributed by atoms with Crippen LogP contribution in [0.25, 0.3) is 0 Å². The summed E-state index contributed by atoms with van der Waals surface area (Å²) in [6, 6.07) is -0.389. The average molecular weight is 243 g/mol. The van der Waals surface area contributed by atoms with Crippen molar-refractivity contribution < 1.29 is 9.90 Å². The number of nitrogens with zero attached hydrogens (tertiary/aromatic N) is 2. The average Bonchev–Trinajstić information content (AvgIpc) is 2.53. The van der Waals surface area contributed by atoms with Gasteiger partial charge in [-0.25, -0.2) is 0 Å². The number of carbonyl (C=O) groups is 1. The SMILES string of the molecule is CC(C)C(N)C(=O)N1CCCN(CCO)CC1. The summed E-state index contributed by atoms with van der Waals surface area (Å²) in [5.41, 5.74) is 5.89. The van der Waals surface area contributed by atoms with Crippen LogP contribution in [0.3, 0.4) is 0 Å². The van der Waals surface area contributed by atoms with Crippen molar-refractivity contribution in [2.24, 2.45) is 11.7 Å². The standard InChI is InChI=1S/C12H25N3O2/c1-10(2)11(13)12(17)15-5-3-4-14(6-7-15)8-9-16/h10-11,16H,3-9,13H2,1-2H3. The van der Waals surface area contributed by atoms with Gasteiger partial charge in [0.1, 0.15) is 0 Å². The fraction of sp³-hybridized carbons (Fsp3) is 0.917. The third-order valence-corrected chi connectivity index (χ3v) is 3.32. The minimum Gasteiger partial charge on any atom is -0.395 e. The van der Waals surface area contributed by atoms with Gasteiger partial charge in [0.2, 0.25) is 5.91 Å². The molecule has 1 amide bonds. The van der Waals surface area contributed by atoms with Crippen molar-refractivity contribution in [2.75, 3.05) is 39.3 Å². The van der Waals surface area contributed by atoms with Crippen LogP contribution in [0.5, 0.6) is 0 Å². The van der Waals surface area contributed by atoms with Gasteiger partial charge in [-0.3, -0.25) is 9.69 Å². The summed E-state index contributed by atoms with van der Waals surface area (Å²) >= 11 is 0. The van der Waals surface area contributed by atoms with Crippen LogP contribution in [-0.2, 0) is 4.79 Å². The number of β-amino-alcohol motifs (C(OH)–C–C–N with tert-alkyl or cyclic N) is 1. The van der Waals surface area contributed by atoms with Crippen LogP contribution in [0.1, 0.15) is 20.3 Å². The molecule has 1 heterocycles. The van der Waals surface area contributed by atoms with Gasteiger partial charge in [0.05, 0.1) is 12.6 Å². The Bertz CT molecular complexity index is 246. The van der Waals surface area contributed by atoms with E-state index in [0.717, 1.165) is 32.6 Å². The van der Waals surface area contributed by atoms with E-state index in [9.17, 15) is 4.79 Å². The highest BCUT2D eigenvalue weighted by molar-refractivity contribution is 5.81. The van der Waals surface area contributed by atoms with E-state index in [1.807, 2.05) is 18.7 Å². The minimum absolute atomic E-state index is 0.0610. The fourth-order valence-electron chi connectivity index (χ4n) is 2.05. The molecule has 1 rings (SSSR count). The molecule has 0 aromatic rings. The predicted octanol–water partition coefficient (Wildman–Crippen LogP) is -0.504. The minimum atomic E-state index is -0.389. The maximum Gasteiger partial charge on any atom is 0.239 e. The second-order valence-corrected chi connectivity index (χ2v) is 5.01. The van der Waals surface area contributed by atoms with Gasteiger partial charge in [-0.05, 0) is 18.9 Å². The highest BCUT2D eigenvalue weighted by Gasteiger charge is 2.25. The second-order valence-electron chi connectivity index (χ2n) is 5.01. The van der Waals surface area contributed by atoms with Crippen LogP contribution < -0.4 is 5.73 Å². The number of carbonyl (C=O) groups excluding carboxylic acids is 1. The van der Waals surface area contributed by atoms with Gasteiger partial charge < -0.3 is 15.7 Å². The topological polar surface area (TPSA) is 69.8 Å². The molecule has 1 unspecified atom stereocenters. The molecule has 0 aromatic carbocycles. The van der Waals surface area contributed by atoms with E-state index < -0.39 is 0 Å². The largest absolute Gasteiger partial charge is 0.395 e. The smallest absolute Gasteiger partial charge is 0.239 e. The molecule has 100 valence electrons. The van der Waals surface area contributed by atoms with E-state index in [-0.39, 0.29) is 24.5 Å². The zero-order valence-corrected chi connectivity index (χ0v) is 10.9. The molecule has 1 atom stereocenters. The van der Waals surface area contributed by atoms with Crippen molar-refractivity contribution >= 4 is 5.91 Å². The number of aliphatic hydroxyl groups is 1. The number of hydrogen-bond donors (Lipinski definition) is 2. The lowest BCUT2D eigenvalue weighted by Gasteiger charge is -2.26. The zero-order chi connectivity index (χ0) is 12.8. The summed E-state index contributed by atoms with van der Waals surface area (Å²) in [5, 5.41) is 8.90. The molecule has 5 nitrogen and oxygen atoms in total.